The molecule has 0 aromatic heterocycles. The van der Waals surface area contributed by atoms with Crippen LogP contribution < -0.4 is 0 Å². The summed E-state index contributed by atoms with van der Waals surface area (Å²) in [6.45, 7) is 6.20. The molecular weight excluding hydrogens is 368 g/mol. The molecule has 1 aromatic rings. The molecule has 6 nitrogen and oxygen atoms in total. The number of aliphatic imine (C=N–C) groups is 1. The number of ether oxygens (including phenoxy) is 1. The van der Waals surface area contributed by atoms with Crippen LogP contribution in [0.25, 0.3) is 0 Å². The first-order valence-corrected chi connectivity index (χ1v) is 9.69. The molecule has 0 radical (unpaired) electrons. The third kappa shape index (κ3) is 2.60. The summed E-state index contributed by atoms with van der Waals surface area (Å²) in [7, 11) is 0. The van der Waals surface area contributed by atoms with Gasteiger partial charge in [-0.2, -0.15) is 0 Å². The molecule has 0 amide bonds. The highest BCUT2D eigenvalue weighted by Gasteiger charge is 2.67. The van der Waals surface area contributed by atoms with Gasteiger partial charge in [0.25, 0.3) is 0 Å². The van der Waals surface area contributed by atoms with E-state index in [-0.39, 0.29) is 22.9 Å². The van der Waals surface area contributed by atoms with Crippen molar-refractivity contribution in [2.75, 3.05) is 6.54 Å². The minimum absolute atomic E-state index is 0.0136. The summed E-state index contributed by atoms with van der Waals surface area (Å²) in [5, 5.41) is 11.8. The van der Waals surface area contributed by atoms with Crippen LogP contribution in [-0.4, -0.2) is 35.3 Å². The first-order chi connectivity index (χ1) is 12.6. The molecule has 2 fully saturated rings. The smallest absolute Gasteiger partial charge is 0.332 e. The zero-order valence-electron chi connectivity index (χ0n) is 15.6. The maximum Gasteiger partial charge on any atom is 0.332 e. The van der Waals surface area contributed by atoms with Crippen molar-refractivity contribution in [3.05, 3.63) is 45.0 Å². The molecule has 7 heteroatoms. The number of carbonyl (C=O) groups is 1. The van der Waals surface area contributed by atoms with E-state index in [1.54, 1.807) is 24.3 Å². The van der Waals surface area contributed by atoms with Crippen molar-refractivity contribution >= 4 is 23.3 Å². The fraction of sp³-hybridized carbons (Fsp3) is 0.600. The van der Waals surface area contributed by atoms with Gasteiger partial charge in [0.15, 0.2) is 6.04 Å². The number of benzene rings is 1. The maximum atomic E-state index is 12.8. The van der Waals surface area contributed by atoms with Gasteiger partial charge in [0.2, 0.25) is 6.54 Å². The molecule has 0 unspecified atom stereocenters. The van der Waals surface area contributed by atoms with E-state index < -0.39 is 29.4 Å². The van der Waals surface area contributed by atoms with Gasteiger partial charge in [0, 0.05) is 21.3 Å². The SMILES string of the molecule is CC1(C)[C@@H]2CC[C@@]1(C)C1=N[C@@H]([C@H](C[N+](=O)[O-])c3cccc(Cl)c3)C(=O)O[C@@H]12. The number of nitrogens with zero attached hydrogens (tertiary/aromatic N) is 2. The van der Waals surface area contributed by atoms with Gasteiger partial charge in [-0.05, 0) is 36.0 Å². The Hall–Kier alpha value is -1.95. The van der Waals surface area contributed by atoms with E-state index >= 15 is 0 Å². The molecule has 144 valence electrons. The lowest BCUT2D eigenvalue weighted by atomic mass is 9.70. The van der Waals surface area contributed by atoms with Crippen LogP contribution in [0, 0.1) is 26.9 Å². The minimum atomic E-state index is -0.910. The van der Waals surface area contributed by atoms with Crippen molar-refractivity contribution in [3.63, 3.8) is 0 Å². The molecule has 4 rings (SSSR count). The second kappa shape index (κ2) is 6.03. The molecule has 0 saturated heterocycles. The standard InChI is InChI=1S/C20H23ClN2O4/c1-19(2)14-7-8-20(19,3)17-16(14)27-18(24)15(22-17)13(10-23(25)26)11-5-4-6-12(21)9-11/h4-6,9,13-16H,7-8,10H2,1-3H3/t13-,14-,15+,16-,20+/m1/s1. The fourth-order valence-corrected chi connectivity index (χ4v) is 5.52. The molecule has 0 spiro atoms. The first kappa shape index (κ1) is 18.4. The lowest BCUT2D eigenvalue weighted by molar-refractivity contribution is -0.483. The summed E-state index contributed by atoms with van der Waals surface area (Å²) >= 11 is 6.08. The minimum Gasteiger partial charge on any atom is -0.454 e. The molecular formula is C20H23ClN2O4. The van der Waals surface area contributed by atoms with Crippen molar-refractivity contribution in [2.45, 2.75) is 51.7 Å². The molecule has 5 atom stereocenters. The normalized spacial score (nSPS) is 34.6. The van der Waals surface area contributed by atoms with Gasteiger partial charge < -0.3 is 4.74 Å². The van der Waals surface area contributed by atoms with Gasteiger partial charge in [-0.3, -0.25) is 15.1 Å². The van der Waals surface area contributed by atoms with Crippen molar-refractivity contribution < 1.29 is 14.5 Å². The Bertz CT molecular complexity index is 852. The highest BCUT2D eigenvalue weighted by molar-refractivity contribution is 6.30. The maximum absolute atomic E-state index is 12.8. The predicted molar refractivity (Wildman–Crippen MR) is 102 cm³/mol. The average molecular weight is 391 g/mol. The number of nitro groups is 1. The Balaban J connectivity index is 1.78. The third-order valence-electron chi connectivity index (χ3n) is 7.27. The van der Waals surface area contributed by atoms with E-state index in [0.29, 0.717) is 10.6 Å². The van der Waals surface area contributed by atoms with E-state index in [1.807, 2.05) is 0 Å². The van der Waals surface area contributed by atoms with Crippen LogP contribution in [0.4, 0.5) is 0 Å². The largest absolute Gasteiger partial charge is 0.454 e. The number of esters is 1. The molecule has 2 bridgehead atoms. The van der Waals surface area contributed by atoms with Crippen molar-refractivity contribution in [1.29, 1.82) is 0 Å². The van der Waals surface area contributed by atoms with Gasteiger partial charge in [-0.1, -0.05) is 44.5 Å². The molecule has 1 aliphatic heterocycles. The van der Waals surface area contributed by atoms with Crippen LogP contribution in [0.2, 0.25) is 5.02 Å². The lowest BCUT2D eigenvalue weighted by Crippen LogP contribution is -2.47. The van der Waals surface area contributed by atoms with Crippen LogP contribution in [0.5, 0.6) is 0 Å². The van der Waals surface area contributed by atoms with Crippen molar-refractivity contribution in [2.24, 2.45) is 21.7 Å². The number of carbonyl (C=O) groups excluding carboxylic acids is 1. The molecule has 27 heavy (non-hydrogen) atoms. The number of halogens is 1. The molecule has 2 aliphatic carbocycles. The van der Waals surface area contributed by atoms with Crippen molar-refractivity contribution in [1.82, 2.24) is 0 Å². The van der Waals surface area contributed by atoms with E-state index in [4.69, 9.17) is 21.3 Å². The van der Waals surface area contributed by atoms with Gasteiger partial charge in [0.1, 0.15) is 6.10 Å². The monoisotopic (exact) mass is 390 g/mol. The Kier molecular flexibility index (Phi) is 4.11. The molecule has 1 heterocycles. The summed E-state index contributed by atoms with van der Waals surface area (Å²) in [6.07, 6.45) is 1.72. The second-order valence-electron chi connectivity index (χ2n) is 8.69. The first-order valence-electron chi connectivity index (χ1n) is 9.31. The van der Waals surface area contributed by atoms with Gasteiger partial charge in [-0.15, -0.1) is 0 Å². The number of hydrogen-bond acceptors (Lipinski definition) is 5. The summed E-state index contributed by atoms with van der Waals surface area (Å²) < 4.78 is 5.85. The highest BCUT2D eigenvalue weighted by Crippen LogP contribution is 2.65. The van der Waals surface area contributed by atoms with Crippen molar-refractivity contribution in [3.8, 4) is 0 Å². The molecule has 0 N–H and O–H groups in total. The Labute approximate surface area is 163 Å². The van der Waals surface area contributed by atoms with E-state index in [1.165, 1.54) is 0 Å². The molecule has 2 saturated carbocycles. The number of fused-ring (bicyclic) bond motifs is 5. The van der Waals surface area contributed by atoms with Crippen LogP contribution >= 0.6 is 11.6 Å². The van der Waals surface area contributed by atoms with E-state index in [9.17, 15) is 14.9 Å². The zero-order chi connectivity index (χ0) is 19.6. The third-order valence-corrected chi connectivity index (χ3v) is 7.51. The second-order valence-corrected chi connectivity index (χ2v) is 9.13. The Morgan fingerprint density at radius 1 is 1.41 bits per heavy atom. The summed E-state index contributed by atoms with van der Waals surface area (Å²) in [5.41, 5.74) is 1.38. The summed E-state index contributed by atoms with van der Waals surface area (Å²) in [5.74, 6) is -0.917. The Morgan fingerprint density at radius 2 is 2.15 bits per heavy atom. The summed E-state index contributed by atoms with van der Waals surface area (Å²) in [6, 6.07) is 5.95. The number of rotatable bonds is 4. The van der Waals surface area contributed by atoms with Gasteiger partial charge in [-0.25, -0.2) is 4.79 Å². The lowest BCUT2D eigenvalue weighted by Gasteiger charge is -2.37. The number of hydrogen-bond donors (Lipinski definition) is 0. The highest BCUT2D eigenvalue weighted by atomic mass is 35.5. The van der Waals surface area contributed by atoms with Crippen LogP contribution in [-0.2, 0) is 9.53 Å². The molecule has 1 aromatic carbocycles. The summed E-state index contributed by atoms with van der Waals surface area (Å²) in [4.78, 5) is 28.6. The van der Waals surface area contributed by atoms with Crippen LogP contribution in [0.1, 0.15) is 45.1 Å². The topological polar surface area (TPSA) is 81.8 Å². The van der Waals surface area contributed by atoms with E-state index in [2.05, 4.69) is 20.8 Å². The zero-order valence-corrected chi connectivity index (χ0v) is 16.4. The fourth-order valence-electron chi connectivity index (χ4n) is 5.32. The van der Waals surface area contributed by atoms with Crippen LogP contribution in [0.3, 0.4) is 0 Å². The van der Waals surface area contributed by atoms with Gasteiger partial charge in [0.05, 0.1) is 11.6 Å². The predicted octanol–water partition coefficient (Wildman–Crippen LogP) is 3.89. The van der Waals surface area contributed by atoms with Gasteiger partial charge >= 0.3 is 5.97 Å². The molecule has 3 aliphatic rings. The van der Waals surface area contributed by atoms with Crippen LogP contribution in [0.15, 0.2) is 29.3 Å². The average Bonchev–Trinajstić information content (AvgIpc) is 2.91. The van der Waals surface area contributed by atoms with E-state index in [0.717, 1.165) is 18.6 Å². The Morgan fingerprint density at radius 3 is 2.81 bits per heavy atom. The quantitative estimate of drug-likeness (QED) is 0.443.